The Morgan fingerprint density at radius 2 is 1.83 bits per heavy atom. The Labute approximate surface area is 172 Å². The summed E-state index contributed by atoms with van der Waals surface area (Å²) >= 11 is 0. The van der Waals surface area contributed by atoms with Gasteiger partial charge in [-0.05, 0) is 24.3 Å². The van der Waals surface area contributed by atoms with Gasteiger partial charge in [-0.1, -0.05) is 18.2 Å². The Bertz CT molecular complexity index is 1160. The fourth-order valence-corrected chi connectivity index (χ4v) is 3.57. The minimum atomic E-state index is -0.0888. The number of piperazine rings is 1. The molecule has 1 fully saturated rings. The Morgan fingerprint density at radius 1 is 1.03 bits per heavy atom. The number of carbonyl (C=O) groups is 1. The van der Waals surface area contributed by atoms with E-state index in [9.17, 15) is 4.79 Å². The van der Waals surface area contributed by atoms with Gasteiger partial charge in [-0.15, -0.1) is 0 Å². The number of nitrogens with zero attached hydrogens (tertiary/aromatic N) is 6. The lowest BCUT2D eigenvalue weighted by atomic mass is 10.3. The van der Waals surface area contributed by atoms with E-state index in [4.69, 9.17) is 14.4 Å². The zero-order chi connectivity index (χ0) is 20.5. The molecule has 3 aromatic heterocycles. The highest BCUT2D eigenvalue weighted by molar-refractivity contribution is 5.92. The maximum atomic E-state index is 12.5. The zero-order valence-electron chi connectivity index (χ0n) is 16.5. The minimum Gasteiger partial charge on any atom is -0.459 e. The smallest absolute Gasteiger partial charge is 0.289 e. The Hall–Kier alpha value is -3.88. The van der Waals surface area contributed by atoms with Gasteiger partial charge in [-0.25, -0.2) is 0 Å². The molecule has 0 bridgehead atoms. The first-order chi connectivity index (χ1) is 14.7. The molecule has 4 aromatic rings. The van der Waals surface area contributed by atoms with Crippen molar-refractivity contribution in [2.45, 2.75) is 0 Å². The fraction of sp³-hybridized carbons (Fsp3) is 0.238. The van der Waals surface area contributed by atoms with Gasteiger partial charge in [0, 0.05) is 38.9 Å². The number of hydrogen-bond donors (Lipinski definition) is 1. The molecule has 5 rings (SSSR count). The lowest BCUT2D eigenvalue weighted by Gasteiger charge is -2.34. The van der Waals surface area contributed by atoms with Crippen molar-refractivity contribution in [2.75, 3.05) is 36.4 Å². The summed E-state index contributed by atoms with van der Waals surface area (Å²) in [6, 6.07) is 13.3. The quantitative estimate of drug-likeness (QED) is 0.560. The molecule has 0 unspecified atom stereocenters. The van der Waals surface area contributed by atoms with Gasteiger partial charge >= 0.3 is 0 Å². The van der Waals surface area contributed by atoms with E-state index in [0.717, 1.165) is 16.7 Å². The average Bonchev–Trinajstić information content (AvgIpc) is 3.45. The molecule has 0 saturated carbocycles. The van der Waals surface area contributed by atoms with Crippen LogP contribution in [-0.2, 0) is 7.05 Å². The third kappa shape index (κ3) is 3.34. The molecule has 1 aromatic carbocycles. The number of amides is 1. The van der Waals surface area contributed by atoms with Crippen molar-refractivity contribution in [1.29, 1.82) is 0 Å². The molecule has 30 heavy (non-hydrogen) atoms. The van der Waals surface area contributed by atoms with E-state index >= 15 is 0 Å². The van der Waals surface area contributed by atoms with Gasteiger partial charge in [0.05, 0.1) is 17.8 Å². The number of nitrogens with one attached hydrogen (secondary N) is 1. The van der Waals surface area contributed by atoms with Gasteiger partial charge in [0.2, 0.25) is 5.95 Å². The highest BCUT2D eigenvalue weighted by atomic mass is 16.3. The SMILES string of the molecule is Cn1ncc2c(Nc3ccccc3)nc(N3CCN(C(=O)c4ccco4)CC3)nc21. The number of anilines is 3. The standard InChI is InChI=1S/C21H21N7O2/c1-26-19-16(14-22-26)18(23-15-6-3-2-4-7-15)24-21(25-19)28-11-9-27(10-12-28)20(29)17-8-5-13-30-17/h2-8,13-14H,9-12H2,1H3,(H,23,24,25). The van der Waals surface area contributed by atoms with Gasteiger partial charge in [0.25, 0.3) is 5.91 Å². The predicted molar refractivity (Wildman–Crippen MR) is 113 cm³/mol. The molecule has 1 saturated heterocycles. The molecule has 4 heterocycles. The minimum absolute atomic E-state index is 0.0888. The van der Waals surface area contributed by atoms with E-state index in [1.165, 1.54) is 6.26 Å². The first kappa shape index (κ1) is 18.2. The summed E-state index contributed by atoms with van der Waals surface area (Å²) in [4.78, 5) is 25.9. The van der Waals surface area contributed by atoms with Gasteiger partial charge < -0.3 is 19.5 Å². The monoisotopic (exact) mass is 403 g/mol. The van der Waals surface area contributed by atoms with Gasteiger partial charge in [0.15, 0.2) is 11.4 Å². The van der Waals surface area contributed by atoms with Crippen molar-refractivity contribution in [1.82, 2.24) is 24.6 Å². The van der Waals surface area contributed by atoms with Crippen LogP contribution in [0.15, 0.2) is 59.3 Å². The molecular formula is C21H21N7O2. The molecule has 9 nitrogen and oxygen atoms in total. The van der Waals surface area contributed by atoms with Gasteiger partial charge in [-0.2, -0.15) is 15.1 Å². The molecule has 0 atom stereocenters. The molecule has 1 aliphatic heterocycles. The van der Waals surface area contributed by atoms with E-state index in [1.54, 1.807) is 27.9 Å². The van der Waals surface area contributed by atoms with Gasteiger partial charge in [-0.3, -0.25) is 9.48 Å². The van der Waals surface area contributed by atoms with Crippen LogP contribution in [0.2, 0.25) is 0 Å². The number of carbonyl (C=O) groups excluding carboxylic acids is 1. The lowest BCUT2D eigenvalue weighted by molar-refractivity contribution is 0.0714. The Morgan fingerprint density at radius 3 is 2.57 bits per heavy atom. The second-order valence-electron chi connectivity index (χ2n) is 7.13. The van der Waals surface area contributed by atoms with Crippen LogP contribution in [0.3, 0.4) is 0 Å². The number of hydrogen-bond acceptors (Lipinski definition) is 7. The van der Waals surface area contributed by atoms with Crippen molar-refractivity contribution in [3.8, 4) is 0 Å². The van der Waals surface area contributed by atoms with Crippen molar-refractivity contribution < 1.29 is 9.21 Å². The van der Waals surface area contributed by atoms with Crippen LogP contribution in [-0.4, -0.2) is 56.7 Å². The topological polar surface area (TPSA) is 92.3 Å². The summed E-state index contributed by atoms with van der Waals surface area (Å²) in [5.74, 6) is 1.61. The van der Waals surface area contributed by atoms with Crippen molar-refractivity contribution in [3.05, 3.63) is 60.7 Å². The summed E-state index contributed by atoms with van der Waals surface area (Å²) in [7, 11) is 1.87. The summed E-state index contributed by atoms with van der Waals surface area (Å²) in [5.41, 5.74) is 1.70. The number of fused-ring (bicyclic) bond motifs is 1. The van der Waals surface area contributed by atoms with E-state index in [0.29, 0.717) is 43.7 Å². The number of aromatic nitrogens is 4. The predicted octanol–water partition coefficient (Wildman–Crippen LogP) is 2.66. The summed E-state index contributed by atoms with van der Waals surface area (Å²) in [6.45, 7) is 2.43. The molecule has 1 amide bonds. The molecule has 9 heteroatoms. The highest BCUT2D eigenvalue weighted by Crippen LogP contribution is 2.26. The zero-order valence-corrected chi connectivity index (χ0v) is 16.5. The van der Waals surface area contributed by atoms with Crippen LogP contribution < -0.4 is 10.2 Å². The summed E-state index contributed by atoms with van der Waals surface area (Å²) in [5, 5.41) is 8.58. The summed E-state index contributed by atoms with van der Waals surface area (Å²) < 4.78 is 6.98. The molecular weight excluding hydrogens is 382 g/mol. The molecule has 0 aliphatic carbocycles. The normalized spacial score (nSPS) is 14.3. The maximum absolute atomic E-state index is 12.5. The van der Waals surface area contributed by atoms with Crippen molar-refractivity contribution in [3.63, 3.8) is 0 Å². The fourth-order valence-electron chi connectivity index (χ4n) is 3.57. The first-order valence-corrected chi connectivity index (χ1v) is 9.78. The van der Waals surface area contributed by atoms with Crippen molar-refractivity contribution >= 4 is 34.4 Å². The number of furan rings is 1. The van der Waals surface area contributed by atoms with Gasteiger partial charge in [0.1, 0.15) is 5.82 Å². The Kier molecular flexibility index (Phi) is 4.55. The summed E-state index contributed by atoms with van der Waals surface area (Å²) in [6.07, 6.45) is 3.28. The maximum Gasteiger partial charge on any atom is 0.289 e. The van der Waals surface area contributed by atoms with E-state index in [-0.39, 0.29) is 5.91 Å². The van der Waals surface area contributed by atoms with E-state index in [2.05, 4.69) is 15.3 Å². The second kappa shape index (κ2) is 7.51. The molecule has 152 valence electrons. The number of rotatable bonds is 4. The first-order valence-electron chi connectivity index (χ1n) is 9.78. The Balaban J connectivity index is 1.39. The largest absolute Gasteiger partial charge is 0.459 e. The number of para-hydroxylation sites is 1. The van der Waals surface area contributed by atoms with E-state index < -0.39 is 0 Å². The third-order valence-electron chi connectivity index (χ3n) is 5.20. The van der Waals surface area contributed by atoms with Crippen LogP contribution in [0, 0.1) is 0 Å². The lowest BCUT2D eigenvalue weighted by Crippen LogP contribution is -2.49. The molecule has 1 aliphatic rings. The number of benzene rings is 1. The second-order valence-corrected chi connectivity index (χ2v) is 7.13. The molecule has 0 spiro atoms. The molecule has 1 N–H and O–H groups in total. The van der Waals surface area contributed by atoms with Crippen LogP contribution >= 0.6 is 0 Å². The van der Waals surface area contributed by atoms with E-state index in [1.807, 2.05) is 37.4 Å². The van der Waals surface area contributed by atoms with Crippen LogP contribution in [0.5, 0.6) is 0 Å². The molecule has 0 radical (unpaired) electrons. The number of aryl methyl sites for hydroxylation is 1. The third-order valence-corrected chi connectivity index (χ3v) is 5.20. The van der Waals surface area contributed by atoms with Crippen molar-refractivity contribution in [2.24, 2.45) is 7.05 Å². The highest BCUT2D eigenvalue weighted by Gasteiger charge is 2.26. The average molecular weight is 403 g/mol. The van der Waals surface area contributed by atoms with Crippen LogP contribution in [0.4, 0.5) is 17.5 Å². The van der Waals surface area contributed by atoms with Crippen LogP contribution in [0.25, 0.3) is 11.0 Å². The van der Waals surface area contributed by atoms with Crippen LogP contribution in [0.1, 0.15) is 10.6 Å².